The lowest BCUT2D eigenvalue weighted by molar-refractivity contribution is -0.124. The van der Waals surface area contributed by atoms with Gasteiger partial charge in [0.15, 0.2) is 0 Å². The van der Waals surface area contributed by atoms with Crippen molar-refractivity contribution in [1.82, 2.24) is 20.2 Å². The molecule has 1 aliphatic heterocycles. The van der Waals surface area contributed by atoms with Crippen molar-refractivity contribution in [2.24, 2.45) is 17.8 Å². The van der Waals surface area contributed by atoms with Crippen LogP contribution in [0.2, 0.25) is 0 Å². The third-order valence-corrected chi connectivity index (χ3v) is 4.93. The van der Waals surface area contributed by atoms with Gasteiger partial charge in [-0.05, 0) is 50.9 Å². The lowest BCUT2D eigenvalue weighted by atomic mass is 9.95. The molecule has 2 fully saturated rings. The molecule has 2 N–H and O–H groups in total. The van der Waals surface area contributed by atoms with Gasteiger partial charge in [0.1, 0.15) is 0 Å². The van der Waals surface area contributed by atoms with Crippen LogP contribution in [0.25, 0.3) is 5.52 Å². The van der Waals surface area contributed by atoms with Crippen LogP contribution in [-0.4, -0.2) is 28.6 Å². The molecule has 3 atom stereocenters. The molecule has 0 aromatic carbocycles. The number of aromatic nitrogens is 2. The fraction of sp³-hybridized carbons (Fsp3) is 0.500. The molecule has 1 aliphatic carbocycles. The van der Waals surface area contributed by atoms with Gasteiger partial charge in [-0.1, -0.05) is 6.07 Å². The Morgan fingerprint density at radius 3 is 2.90 bits per heavy atom. The molecule has 110 valence electrons. The number of pyridine rings is 1. The standard InChI is InChI=1S/C16H20N4O/c1-16(2,12-9-18-20-6-4-3-5-13(12)20)19-15(21)14-10-7-17-8-11(10)14/h3-6,9-11,14,17H,7-8H2,1-2H3,(H,19,21)/t10-,11?,14+/m0/s1. The molecule has 2 aromatic heterocycles. The van der Waals surface area contributed by atoms with Gasteiger partial charge in [0, 0.05) is 17.7 Å². The Morgan fingerprint density at radius 1 is 1.38 bits per heavy atom. The minimum atomic E-state index is -0.412. The van der Waals surface area contributed by atoms with E-state index >= 15 is 0 Å². The Morgan fingerprint density at radius 2 is 2.14 bits per heavy atom. The average molecular weight is 284 g/mol. The van der Waals surface area contributed by atoms with Crippen molar-refractivity contribution in [2.45, 2.75) is 19.4 Å². The third-order valence-electron chi connectivity index (χ3n) is 4.93. The molecule has 1 saturated heterocycles. The summed E-state index contributed by atoms with van der Waals surface area (Å²) < 4.78 is 1.85. The van der Waals surface area contributed by atoms with Crippen molar-refractivity contribution < 1.29 is 4.79 Å². The molecule has 3 heterocycles. The van der Waals surface area contributed by atoms with Crippen molar-refractivity contribution in [3.63, 3.8) is 0 Å². The van der Waals surface area contributed by atoms with Crippen LogP contribution in [0.4, 0.5) is 0 Å². The highest BCUT2D eigenvalue weighted by Crippen LogP contribution is 2.49. The number of carbonyl (C=O) groups is 1. The number of nitrogens with one attached hydrogen (secondary N) is 2. The highest BCUT2D eigenvalue weighted by molar-refractivity contribution is 5.83. The maximum atomic E-state index is 12.5. The van der Waals surface area contributed by atoms with E-state index in [0.717, 1.165) is 24.2 Å². The molecule has 1 unspecified atom stereocenters. The van der Waals surface area contributed by atoms with Gasteiger partial charge in [-0.15, -0.1) is 0 Å². The average Bonchev–Trinajstić information content (AvgIpc) is 2.82. The van der Waals surface area contributed by atoms with Gasteiger partial charge in [0.05, 0.1) is 17.3 Å². The summed E-state index contributed by atoms with van der Waals surface area (Å²) in [6.07, 6.45) is 3.78. The zero-order chi connectivity index (χ0) is 14.6. The summed E-state index contributed by atoms with van der Waals surface area (Å²) in [7, 11) is 0. The van der Waals surface area contributed by atoms with Gasteiger partial charge in [-0.25, -0.2) is 4.52 Å². The monoisotopic (exact) mass is 284 g/mol. The molecule has 21 heavy (non-hydrogen) atoms. The van der Waals surface area contributed by atoms with E-state index in [1.165, 1.54) is 0 Å². The Balaban J connectivity index is 1.57. The number of amides is 1. The summed E-state index contributed by atoms with van der Waals surface area (Å²) in [6, 6.07) is 5.98. The summed E-state index contributed by atoms with van der Waals surface area (Å²) >= 11 is 0. The van der Waals surface area contributed by atoms with E-state index in [1.54, 1.807) is 0 Å². The quantitative estimate of drug-likeness (QED) is 0.889. The van der Waals surface area contributed by atoms with Crippen molar-refractivity contribution >= 4 is 11.4 Å². The first-order valence-corrected chi connectivity index (χ1v) is 7.53. The second-order valence-electron chi connectivity index (χ2n) is 6.71. The highest BCUT2D eigenvalue weighted by atomic mass is 16.2. The molecule has 5 heteroatoms. The molecule has 2 aliphatic rings. The van der Waals surface area contributed by atoms with Crippen molar-refractivity contribution in [1.29, 1.82) is 0 Å². The molecular formula is C16H20N4O. The van der Waals surface area contributed by atoms with E-state index in [4.69, 9.17) is 0 Å². The van der Waals surface area contributed by atoms with Crippen molar-refractivity contribution in [3.05, 3.63) is 36.2 Å². The predicted molar refractivity (Wildman–Crippen MR) is 79.7 cm³/mol. The van der Waals surface area contributed by atoms with E-state index in [2.05, 4.69) is 15.7 Å². The number of carbonyl (C=O) groups excluding carboxylic acids is 1. The van der Waals surface area contributed by atoms with Gasteiger partial charge in [-0.3, -0.25) is 4.79 Å². The first-order valence-electron chi connectivity index (χ1n) is 7.53. The molecule has 0 radical (unpaired) electrons. The minimum absolute atomic E-state index is 0.187. The van der Waals surface area contributed by atoms with Crippen LogP contribution >= 0.6 is 0 Å². The summed E-state index contributed by atoms with van der Waals surface area (Å²) in [5, 5.41) is 10.9. The van der Waals surface area contributed by atoms with Crippen LogP contribution in [0, 0.1) is 17.8 Å². The smallest absolute Gasteiger partial charge is 0.224 e. The highest BCUT2D eigenvalue weighted by Gasteiger charge is 2.57. The number of rotatable bonds is 3. The largest absolute Gasteiger partial charge is 0.347 e. The first-order chi connectivity index (χ1) is 10.1. The Hall–Kier alpha value is -1.88. The predicted octanol–water partition coefficient (Wildman–Crippen LogP) is 1.15. The number of fused-ring (bicyclic) bond motifs is 2. The van der Waals surface area contributed by atoms with Crippen LogP contribution in [-0.2, 0) is 10.3 Å². The Bertz CT molecular complexity index is 695. The van der Waals surface area contributed by atoms with Crippen molar-refractivity contribution in [2.75, 3.05) is 13.1 Å². The lowest BCUT2D eigenvalue weighted by Gasteiger charge is -2.26. The topological polar surface area (TPSA) is 58.4 Å². The summed E-state index contributed by atoms with van der Waals surface area (Å²) in [6.45, 7) is 6.07. The molecule has 1 saturated carbocycles. The minimum Gasteiger partial charge on any atom is -0.347 e. The van der Waals surface area contributed by atoms with Gasteiger partial charge >= 0.3 is 0 Å². The normalized spacial score (nSPS) is 27.6. The van der Waals surface area contributed by atoms with Crippen LogP contribution in [0.15, 0.2) is 30.6 Å². The number of nitrogens with zero attached hydrogens (tertiary/aromatic N) is 2. The van der Waals surface area contributed by atoms with Gasteiger partial charge < -0.3 is 10.6 Å². The first kappa shape index (κ1) is 12.8. The molecule has 0 bridgehead atoms. The lowest BCUT2D eigenvalue weighted by Crippen LogP contribution is -2.43. The Kier molecular flexibility index (Phi) is 2.63. The van der Waals surface area contributed by atoms with Crippen LogP contribution in [0.3, 0.4) is 0 Å². The van der Waals surface area contributed by atoms with Gasteiger partial charge in [0.25, 0.3) is 0 Å². The molecule has 4 rings (SSSR count). The summed E-state index contributed by atoms with van der Waals surface area (Å²) in [5.74, 6) is 1.48. The zero-order valence-electron chi connectivity index (χ0n) is 12.3. The number of hydrogen-bond donors (Lipinski definition) is 2. The van der Waals surface area contributed by atoms with Crippen LogP contribution in [0.5, 0.6) is 0 Å². The van der Waals surface area contributed by atoms with Crippen LogP contribution < -0.4 is 10.6 Å². The second kappa shape index (κ2) is 4.31. The Labute approximate surface area is 123 Å². The van der Waals surface area contributed by atoms with E-state index in [-0.39, 0.29) is 11.8 Å². The second-order valence-corrected chi connectivity index (χ2v) is 6.71. The third kappa shape index (κ3) is 1.95. The molecule has 0 spiro atoms. The van der Waals surface area contributed by atoms with E-state index in [0.29, 0.717) is 11.8 Å². The molecule has 1 amide bonds. The van der Waals surface area contributed by atoms with Crippen LogP contribution in [0.1, 0.15) is 19.4 Å². The van der Waals surface area contributed by atoms with Gasteiger partial charge in [-0.2, -0.15) is 5.10 Å². The van der Waals surface area contributed by atoms with Crippen molar-refractivity contribution in [3.8, 4) is 0 Å². The van der Waals surface area contributed by atoms with E-state index in [1.807, 2.05) is 49.0 Å². The van der Waals surface area contributed by atoms with E-state index in [9.17, 15) is 4.79 Å². The van der Waals surface area contributed by atoms with Gasteiger partial charge in [0.2, 0.25) is 5.91 Å². The number of hydrogen-bond acceptors (Lipinski definition) is 3. The molecule has 5 nitrogen and oxygen atoms in total. The summed E-state index contributed by atoms with van der Waals surface area (Å²) in [5.41, 5.74) is 1.69. The fourth-order valence-corrected chi connectivity index (χ4v) is 3.68. The van der Waals surface area contributed by atoms with E-state index < -0.39 is 5.54 Å². The SMILES string of the molecule is CC(C)(NC(=O)[C@H]1C2CNC[C@@H]21)c1cnn2ccccc12. The maximum Gasteiger partial charge on any atom is 0.224 e. The molecule has 2 aromatic rings. The fourth-order valence-electron chi connectivity index (χ4n) is 3.68. The number of piperidine rings is 1. The summed E-state index contributed by atoms with van der Waals surface area (Å²) in [4.78, 5) is 12.5. The zero-order valence-corrected chi connectivity index (χ0v) is 12.3. The molecular weight excluding hydrogens is 264 g/mol. The maximum absolute atomic E-state index is 12.5.